The van der Waals surface area contributed by atoms with Crippen molar-refractivity contribution in [3.05, 3.63) is 88.4 Å². The van der Waals surface area contributed by atoms with Gasteiger partial charge >= 0.3 is 0 Å². The number of hydrogen-bond acceptors (Lipinski definition) is 4. The van der Waals surface area contributed by atoms with Crippen LogP contribution in [0.15, 0.2) is 71.6 Å². The number of halogens is 1. The normalized spacial score (nSPS) is 12.2. The Hall–Kier alpha value is -2.87. The molecular weight excluding hydrogens is 448 g/mol. The predicted molar refractivity (Wildman–Crippen MR) is 127 cm³/mol. The highest BCUT2D eigenvalue weighted by Gasteiger charge is 2.27. The molecule has 0 aliphatic heterocycles. The van der Waals surface area contributed by atoms with Crippen LogP contribution < -0.4 is 14.8 Å². The number of sulfonamides is 1. The first kappa shape index (κ1) is 23.8. The molecule has 0 heterocycles. The van der Waals surface area contributed by atoms with E-state index < -0.39 is 22.0 Å². The summed E-state index contributed by atoms with van der Waals surface area (Å²) in [6.45, 7) is 3.93. The van der Waals surface area contributed by atoms with Gasteiger partial charge in [-0.1, -0.05) is 48.0 Å². The first-order valence-electron chi connectivity index (χ1n) is 9.97. The monoisotopic (exact) mass is 472 g/mol. The van der Waals surface area contributed by atoms with Gasteiger partial charge in [-0.05, 0) is 67.3 Å². The van der Waals surface area contributed by atoms with Gasteiger partial charge in [-0.15, -0.1) is 0 Å². The largest absolute Gasteiger partial charge is 0.495 e. The lowest BCUT2D eigenvalue weighted by atomic mass is 10.1. The van der Waals surface area contributed by atoms with Crippen LogP contribution >= 0.6 is 11.6 Å². The number of anilines is 1. The van der Waals surface area contributed by atoms with Crippen LogP contribution in [0, 0.1) is 13.8 Å². The van der Waals surface area contributed by atoms with E-state index in [0.29, 0.717) is 11.4 Å². The molecule has 0 spiro atoms. The molecule has 2 N–H and O–H groups in total. The molecule has 0 radical (unpaired) electrons. The molecule has 3 aromatic carbocycles. The highest BCUT2D eigenvalue weighted by molar-refractivity contribution is 7.89. The third-order valence-corrected chi connectivity index (χ3v) is 6.87. The summed E-state index contributed by atoms with van der Waals surface area (Å²) in [6.07, 6.45) is 0.181. The molecular formula is C24H25ClN2O4S. The minimum Gasteiger partial charge on any atom is -0.495 e. The number of ether oxygens (including phenoxy) is 1. The van der Waals surface area contributed by atoms with Gasteiger partial charge in [0.05, 0.1) is 17.0 Å². The van der Waals surface area contributed by atoms with Crippen molar-refractivity contribution in [3.8, 4) is 5.75 Å². The van der Waals surface area contributed by atoms with Gasteiger partial charge in [-0.3, -0.25) is 4.79 Å². The lowest BCUT2D eigenvalue weighted by Crippen LogP contribution is -2.45. The summed E-state index contributed by atoms with van der Waals surface area (Å²) in [5.41, 5.74) is 3.54. The van der Waals surface area contributed by atoms with Gasteiger partial charge < -0.3 is 10.1 Å². The van der Waals surface area contributed by atoms with E-state index in [2.05, 4.69) is 10.0 Å². The van der Waals surface area contributed by atoms with Crippen molar-refractivity contribution < 1.29 is 17.9 Å². The van der Waals surface area contributed by atoms with Crippen molar-refractivity contribution in [2.75, 3.05) is 12.4 Å². The van der Waals surface area contributed by atoms with Crippen molar-refractivity contribution in [2.24, 2.45) is 0 Å². The van der Waals surface area contributed by atoms with Crippen molar-refractivity contribution in [3.63, 3.8) is 0 Å². The summed E-state index contributed by atoms with van der Waals surface area (Å²) < 4.78 is 33.7. The number of carbonyl (C=O) groups is 1. The van der Waals surface area contributed by atoms with E-state index in [1.54, 1.807) is 6.07 Å². The molecule has 6 nitrogen and oxygen atoms in total. The van der Waals surface area contributed by atoms with Gasteiger partial charge in [0, 0.05) is 5.69 Å². The topological polar surface area (TPSA) is 84.5 Å². The fraction of sp³-hybridized carbons (Fsp3) is 0.208. The van der Waals surface area contributed by atoms with Gasteiger partial charge in [0.2, 0.25) is 15.9 Å². The lowest BCUT2D eigenvalue weighted by Gasteiger charge is -2.19. The van der Waals surface area contributed by atoms with Crippen molar-refractivity contribution >= 4 is 33.2 Å². The maximum absolute atomic E-state index is 13.1. The van der Waals surface area contributed by atoms with Gasteiger partial charge in [0.25, 0.3) is 0 Å². The van der Waals surface area contributed by atoms with E-state index in [1.165, 1.54) is 25.3 Å². The Kier molecular flexibility index (Phi) is 7.56. The average Bonchev–Trinajstić information content (AvgIpc) is 2.76. The molecule has 0 fully saturated rings. The highest BCUT2D eigenvalue weighted by atomic mass is 35.5. The molecule has 0 aliphatic rings. The Balaban J connectivity index is 1.88. The van der Waals surface area contributed by atoms with E-state index >= 15 is 0 Å². The molecule has 3 rings (SSSR count). The molecule has 8 heteroatoms. The summed E-state index contributed by atoms with van der Waals surface area (Å²) in [7, 11) is -2.59. The summed E-state index contributed by atoms with van der Waals surface area (Å²) in [4.78, 5) is 13.1. The maximum Gasteiger partial charge on any atom is 0.242 e. The molecule has 1 amide bonds. The van der Waals surface area contributed by atoms with Crippen LogP contribution in [0.1, 0.15) is 16.7 Å². The molecule has 0 bridgehead atoms. The Bertz CT molecular complexity index is 1210. The summed E-state index contributed by atoms with van der Waals surface area (Å²) in [5.74, 6) is -0.0979. The Morgan fingerprint density at radius 1 is 1.00 bits per heavy atom. The molecule has 1 atom stereocenters. The van der Waals surface area contributed by atoms with Crippen LogP contribution in [0.25, 0.3) is 0 Å². The number of aryl methyl sites for hydroxylation is 2. The second kappa shape index (κ2) is 10.2. The summed E-state index contributed by atoms with van der Waals surface area (Å²) in [5, 5.41) is 2.98. The minimum absolute atomic E-state index is 0.0552. The third-order valence-electron chi connectivity index (χ3n) is 5.10. The van der Waals surface area contributed by atoms with Crippen LogP contribution in [-0.2, 0) is 21.2 Å². The number of benzene rings is 3. The van der Waals surface area contributed by atoms with Gasteiger partial charge in [0.1, 0.15) is 11.8 Å². The number of nitrogens with one attached hydrogen (secondary N) is 2. The van der Waals surface area contributed by atoms with Crippen LogP contribution in [0.3, 0.4) is 0 Å². The molecule has 0 aromatic heterocycles. The van der Waals surface area contributed by atoms with E-state index in [9.17, 15) is 13.2 Å². The molecule has 0 aliphatic carbocycles. The van der Waals surface area contributed by atoms with Gasteiger partial charge in [0.15, 0.2) is 0 Å². The first-order valence-corrected chi connectivity index (χ1v) is 11.8. The Morgan fingerprint density at radius 2 is 1.72 bits per heavy atom. The Labute approximate surface area is 193 Å². The van der Waals surface area contributed by atoms with Crippen LogP contribution in [0.4, 0.5) is 5.69 Å². The number of hydrogen-bond donors (Lipinski definition) is 2. The molecule has 0 saturated carbocycles. The smallest absolute Gasteiger partial charge is 0.242 e. The van der Waals surface area contributed by atoms with Gasteiger partial charge in [-0.25, -0.2) is 8.42 Å². The average molecular weight is 473 g/mol. The Morgan fingerprint density at radius 3 is 2.34 bits per heavy atom. The van der Waals surface area contributed by atoms with E-state index in [-0.39, 0.29) is 16.3 Å². The zero-order valence-corrected chi connectivity index (χ0v) is 19.6. The molecule has 3 aromatic rings. The fourth-order valence-electron chi connectivity index (χ4n) is 3.16. The van der Waals surface area contributed by atoms with Crippen LogP contribution in [-0.4, -0.2) is 27.5 Å². The SMILES string of the molecule is COc1ccc(S(=O)(=O)N[C@H](Cc2ccccc2)C(=O)Nc2ccc(C)c(C)c2)cc1Cl. The highest BCUT2D eigenvalue weighted by Crippen LogP contribution is 2.27. The quantitative estimate of drug-likeness (QED) is 0.505. The molecule has 168 valence electrons. The predicted octanol–water partition coefficient (Wildman–Crippen LogP) is 4.49. The maximum atomic E-state index is 13.1. The van der Waals surface area contributed by atoms with Crippen molar-refractivity contribution in [2.45, 2.75) is 31.2 Å². The third kappa shape index (κ3) is 5.88. The second-order valence-corrected chi connectivity index (χ2v) is 9.57. The zero-order valence-electron chi connectivity index (χ0n) is 18.1. The first-order chi connectivity index (χ1) is 15.2. The van der Waals surface area contributed by atoms with Crippen molar-refractivity contribution in [1.82, 2.24) is 4.72 Å². The zero-order chi connectivity index (χ0) is 23.3. The number of carbonyl (C=O) groups excluding carboxylic acids is 1. The van der Waals surface area contributed by atoms with E-state index in [0.717, 1.165) is 16.7 Å². The standard InChI is InChI=1S/C24H25ClN2O4S/c1-16-9-10-19(13-17(16)2)26-24(28)22(14-18-7-5-4-6-8-18)27-32(29,30)20-11-12-23(31-3)21(25)15-20/h4-13,15,22,27H,14H2,1-3H3,(H,26,28)/t22-/m1/s1. The summed E-state index contributed by atoms with van der Waals surface area (Å²) >= 11 is 6.10. The number of amides is 1. The molecule has 32 heavy (non-hydrogen) atoms. The number of rotatable bonds is 8. The summed E-state index contributed by atoms with van der Waals surface area (Å²) in [6, 6.07) is 17.9. The van der Waals surface area contributed by atoms with Crippen LogP contribution in [0.2, 0.25) is 5.02 Å². The van der Waals surface area contributed by atoms with Gasteiger partial charge in [-0.2, -0.15) is 4.72 Å². The van der Waals surface area contributed by atoms with Crippen molar-refractivity contribution in [1.29, 1.82) is 0 Å². The minimum atomic E-state index is -4.03. The fourth-order valence-corrected chi connectivity index (χ4v) is 4.70. The van der Waals surface area contributed by atoms with E-state index in [4.69, 9.17) is 16.3 Å². The van der Waals surface area contributed by atoms with E-state index in [1.807, 2.05) is 56.3 Å². The number of methoxy groups -OCH3 is 1. The lowest BCUT2D eigenvalue weighted by molar-refractivity contribution is -0.117. The molecule has 0 saturated heterocycles. The van der Waals surface area contributed by atoms with Crippen LogP contribution in [0.5, 0.6) is 5.75 Å². The second-order valence-electron chi connectivity index (χ2n) is 7.45. The molecule has 0 unspecified atom stereocenters.